The Kier molecular flexibility index (Phi) is 5.90. The van der Waals surface area contributed by atoms with E-state index in [-0.39, 0.29) is 6.61 Å². The highest BCUT2D eigenvalue weighted by atomic mass is 79.9. The first kappa shape index (κ1) is 20.9. The van der Waals surface area contributed by atoms with Gasteiger partial charge in [-0.15, -0.1) is 0 Å². The second kappa shape index (κ2) is 8.77. The summed E-state index contributed by atoms with van der Waals surface area (Å²) in [6.45, 7) is 2.16. The molecule has 158 valence electrons. The van der Waals surface area contributed by atoms with E-state index in [1.165, 1.54) is 7.11 Å². The standard InChI is InChI=1S/C23H20BrN3O4/c1-14-18(24)8-10-22(25-14)31-17-7-9-19-20(12-17)27(2)21(26-19)13-30-16-6-4-5-15(11-16)23(28)29-3/h4-12H,13H2,1-3H3. The van der Waals surface area contributed by atoms with Gasteiger partial charge in [-0.25, -0.2) is 14.8 Å². The summed E-state index contributed by atoms with van der Waals surface area (Å²) in [5.74, 6) is 2.10. The molecule has 2 aromatic heterocycles. The molecule has 31 heavy (non-hydrogen) atoms. The molecule has 2 heterocycles. The van der Waals surface area contributed by atoms with Gasteiger partial charge in [-0.3, -0.25) is 0 Å². The number of halogens is 1. The SMILES string of the molecule is COC(=O)c1cccc(OCc2nc3ccc(Oc4ccc(Br)c(C)n4)cc3n2C)c1. The van der Waals surface area contributed by atoms with Crippen LogP contribution in [0, 0.1) is 6.92 Å². The van der Waals surface area contributed by atoms with Crippen molar-refractivity contribution in [2.75, 3.05) is 7.11 Å². The summed E-state index contributed by atoms with van der Waals surface area (Å²) in [6, 6.07) is 16.3. The van der Waals surface area contributed by atoms with Crippen LogP contribution in [-0.2, 0) is 18.4 Å². The van der Waals surface area contributed by atoms with Gasteiger partial charge in [-0.1, -0.05) is 6.07 Å². The molecule has 0 saturated carbocycles. The fourth-order valence-electron chi connectivity index (χ4n) is 3.09. The molecule has 0 radical (unpaired) electrons. The van der Waals surface area contributed by atoms with Crippen molar-refractivity contribution in [3.05, 3.63) is 76.2 Å². The van der Waals surface area contributed by atoms with E-state index >= 15 is 0 Å². The first-order chi connectivity index (χ1) is 14.9. The maximum absolute atomic E-state index is 11.7. The third-order valence-corrected chi connectivity index (χ3v) is 5.62. The van der Waals surface area contributed by atoms with Crippen LogP contribution in [0.25, 0.3) is 11.0 Å². The van der Waals surface area contributed by atoms with E-state index in [1.54, 1.807) is 24.3 Å². The fraction of sp³-hybridized carbons (Fsp3) is 0.174. The average Bonchev–Trinajstić information content (AvgIpc) is 3.09. The van der Waals surface area contributed by atoms with Crippen LogP contribution < -0.4 is 9.47 Å². The van der Waals surface area contributed by atoms with E-state index in [2.05, 4.69) is 25.9 Å². The highest BCUT2D eigenvalue weighted by Crippen LogP contribution is 2.27. The second-order valence-corrected chi connectivity index (χ2v) is 7.72. The Bertz CT molecular complexity index is 1270. The lowest BCUT2D eigenvalue weighted by Gasteiger charge is -2.08. The molecule has 4 aromatic rings. The van der Waals surface area contributed by atoms with Gasteiger partial charge in [0.25, 0.3) is 0 Å². The maximum atomic E-state index is 11.7. The molecule has 0 amide bonds. The number of hydrogen-bond donors (Lipinski definition) is 0. The molecule has 7 nitrogen and oxygen atoms in total. The fourth-order valence-corrected chi connectivity index (χ4v) is 3.31. The first-order valence-corrected chi connectivity index (χ1v) is 10.3. The summed E-state index contributed by atoms with van der Waals surface area (Å²) in [6.07, 6.45) is 0. The van der Waals surface area contributed by atoms with Crippen LogP contribution in [0.15, 0.2) is 59.1 Å². The molecule has 0 bridgehead atoms. The number of pyridine rings is 1. The summed E-state index contributed by atoms with van der Waals surface area (Å²) < 4.78 is 19.4. The van der Waals surface area contributed by atoms with Gasteiger partial charge in [0.2, 0.25) is 5.88 Å². The number of aromatic nitrogens is 3. The maximum Gasteiger partial charge on any atom is 0.337 e. The van der Waals surface area contributed by atoms with E-state index < -0.39 is 5.97 Å². The predicted octanol–water partition coefficient (Wildman–Crippen LogP) is 5.20. The van der Waals surface area contributed by atoms with Crippen LogP contribution in [0.2, 0.25) is 0 Å². The van der Waals surface area contributed by atoms with Crippen molar-refractivity contribution in [3.63, 3.8) is 0 Å². The number of rotatable bonds is 6. The van der Waals surface area contributed by atoms with Crippen molar-refractivity contribution < 1.29 is 19.0 Å². The third-order valence-electron chi connectivity index (χ3n) is 4.79. The van der Waals surface area contributed by atoms with Gasteiger partial charge in [-0.2, -0.15) is 0 Å². The number of benzene rings is 2. The molecular weight excluding hydrogens is 462 g/mol. The summed E-state index contributed by atoms with van der Waals surface area (Å²) in [5, 5.41) is 0. The lowest BCUT2D eigenvalue weighted by atomic mass is 10.2. The van der Waals surface area contributed by atoms with E-state index in [4.69, 9.17) is 14.2 Å². The largest absolute Gasteiger partial charge is 0.486 e. The van der Waals surface area contributed by atoms with Gasteiger partial charge in [0.15, 0.2) is 0 Å². The lowest BCUT2D eigenvalue weighted by molar-refractivity contribution is 0.0600. The van der Waals surface area contributed by atoms with Gasteiger partial charge in [0.05, 0.1) is 29.4 Å². The summed E-state index contributed by atoms with van der Waals surface area (Å²) in [4.78, 5) is 20.8. The minimum Gasteiger partial charge on any atom is -0.486 e. The van der Waals surface area contributed by atoms with E-state index in [1.807, 2.05) is 48.9 Å². The Labute approximate surface area is 187 Å². The number of methoxy groups -OCH3 is 1. The molecule has 4 rings (SSSR count). The average molecular weight is 482 g/mol. The second-order valence-electron chi connectivity index (χ2n) is 6.86. The van der Waals surface area contributed by atoms with Crippen LogP contribution >= 0.6 is 15.9 Å². The molecule has 0 atom stereocenters. The van der Waals surface area contributed by atoms with Gasteiger partial charge in [-0.05, 0) is 59.3 Å². The van der Waals surface area contributed by atoms with Crippen LogP contribution in [0.5, 0.6) is 17.4 Å². The first-order valence-electron chi connectivity index (χ1n) is 9.52. The van der Waals surface area contributed by atoms with Crippen molar-refractivity contribution in [1.29, 1.82) is 0 Å². The molecular formula is C23H20BrN3O4. The Morgan fingerprint density at radius 2 is 1.90 bits per heavy atom. The Hall–Kier alpha value is -3.39. The van der Waals surface area contributed by atoms with Crippen molar-refractivity contribution in [2.24, 2.45) is 7.05 Å². The van der Waals surface area contributed by atoms with Crippen molar-refractivity contribution in [3.8, 4) is 17.4 Å². The van der Waals surface area contributed by atoms with E-state index in [0.717, 1.165) is 27.0 Å². The minimum absolute atomic E-state index is 0.249. The molecule has 0 saturated heterocycles. The molecule has 0 spiro atoms. The summed E-state index contributed by atoms with van der Waals surface area (Å²) in [5.41, 5.74) is 3.03. The smallest absolute Gasteiger partial charge is 0.337 e. The molecule has 0 aliphatic heterocycles. The number of carbonyl (C=O) groups excluding carboxylic acids is 1. The number of hydrogen-bond acceptors (Lipinski definition) is 6. The lowest BCUT2D eigenvalue weighted by Crippen LogP contribution is -2.05. The van der Waals surface area contributed by atoms with Crippen molar-refractivity contribution in [2.45, 2.75) is 13.5 Å². The van der Waals surface area contributed by atoms with Crippen molar-refractivity contribution >= 4 is 32.9 Å². The van der Waals surface area contributed by atoms with Crippen molar-refractivity contribution in [1.82, 2.24) is 14.5 Å². The molecule has 0 aliphatic carbocycles. The number of carbonyl (C=O) groups is 1. The highest BCUT2D eigenvalue weighted by Gasteiger charge is 2.12. The van der Waals surface area contributed by atoms with Gasteiger partial charge >= 0.3 is 5.97 Å². The minimum atomic E-state index is -0.406. The Balaban J connectivity index is 1.53. The van der Waals surface area contributed by atoms with Crippen LogP contribution in [-0.4, -0.2) is 27.6 Å². The number of nitrogens with zero attached hydrogens (tertiary/aromatic N) is 3. The van der Waals surface area contributed by atoms with Crippen LogP contribution in [0.1, 0.15) is 21.9 Å². The molecule has 8 heteroatoms. The molecule has 0 unspecified atom stereocenters. The highest BCUT2D eigenvalue weighted by molar-refractivity contribution is 9.10. The normalized spacial score (nSPS) is 10.8. The number of aryl methyl sites for hydroxylation is 2. The monoisotopic (exact) mass is 481 g/mol. The van der Waals surface area contributed by atoms with Gasteiger partial charge in [0, 0.05) is 23.7 Å². The molecule has 0 aliphatic rings. The molecule has 0 N–H and O–H groups in total. The Morgan fingerprint density at radius 1 is 1.06 bits per heavy atom. The van der Waals surface area contributed by atoms with Gasteiger partial charge < -0.3 is 18.8 Å². The molecule has 2 aromatic carbocycles. The van der Waals surface area contributed by atoms with Crippen LogP contribution in [0.3, 0.4) is 0 Å². The number of imidazole rings is 1. The van der Waals surface area contributed by atoms with Crippen LogP contribution in [0.4, 0.5) is 0 Å². The number of fused-ring (bicyclic) bond motifs is 1. The quantitative estimate of drug-likeness (QED) is 0.352. The zero-order valence-corrected chi connectivity index (χ0v) is 18.8. The predicted molar refractivity (Wildman–Crippen MR) is 120 cm³/mol. The number of esters is 1. The topological polar surface area (TPSA) is 75.5 Å². The zero-order valence-electron chi connectivity index (χ0n) is 17.3. The number of ether oxygens (including phenoxy) is 3. The van der Waals surface area contributed by atoms with E-state index in [0.29, 0.717) is 22.9 Å². The molecule has 0 fully saturated rings. The van der Waals surface area contributed by atoms with Gasteiger partial charge in [0.1, 0.15) is 23.9 Å². The zero-order chi connectivity index (χ0) is 22.0. The summed E-state index contributed by atoms with van der Waals surface area (Å²) >= 11 is 3.44. The third kappa shape index (κ3) is 4.54. The van der Waals surface area contributed by atoms with E-state index in [9.17, 15) is 4.79 Å². The summed E-state index contributed by atoms with van der Waals surface area (Å²) in [7, 11) is 3.27. The Morgan fingerprint density at radius 3 is 2.68 bits per heavy atom.